The van der Waals surface area contributed by atoms with Gasteiger partial charge in [0.15, 0.2) is 0 Å². The summed E-state index contributed by atoms with van der Waals surface area (Å²) in [5, 5.41) is 26.1. The van der Waals surface area contributed by atoms with Crippen molar-refractivity contribution in [3.05, 3.63) is 10.4 Å². The van der Waals surface area contributed by atoms with E-state index in [9.17, 15) is 5.11 Å². The molecule has 1 aliphatic heterocycles. The maximum Gasteiger partial charge on any atom is 0.276 e. The van der Waals surface area contributed by atoms with Gasteiger partial charge in [-0.1, -0.05) is 18.9 Å². The van der Waals surface area contributed by atoms with E-state index >= 15 is 0 Å². The first-order valence-corrected chi connectivity index (χ1v) is 9.80. The van der Waals surface area contributed by atoms with Gasteiger partial charge in [0.1, 0.15) is 17.2 Å². The first-order chi connectivity index (χ1) is 12.2. The van der Waals surface area contributed by atoms with Gasteiger partial charge in [-0.25, -0.2) is 0 Å². The van der Waals surface area contributed by atoms with E-state index in [0.717, 1.165) is 42.0 Å². The highest BCUT2D eigenvalue weighted by atomic mass is 32.1. The predicted octanol–water partition coefficient (Wildman–Crippen LogP) is 0.268. The van der Waals surface area contributed by atoms with Crippen LogP contribution in [0.3, 0.4) is 0 Å². The summed E-state index contributed by atoms with van der Waals surface area (Å²) in [7, 11) is 0. The van der Waals surface area contributed by atoms with Crippen LogP contribution in [-0.4, -0.2) is 55.9 Å². The summed E-state index contributed by atoms with van der Waals surface area (Å²) in [6.45, 7) is 7.79. The molecule has 0 aromatic carbocycles. The van der Waals surface area contributed by atoms with E-state index in [-0.39, 0.29) is 12.6 Å². The fourth-order valence-corrected chi connectivity index (χ4v) is 4.96. The summed E-state index contributed by atoms with van der Waals surface area (Å²) in [5.41, 5.74) is 1.38. The number of tetrazole rings is 1. The Bertz CT molecular complexity index is 885. The van der Waals surface area contributed by atoms with Crippen molar-refractivity contribution < 1.29 is 10.0 Å². The van der Waals surface area contributed by atoms with Crippen LogP contribution < -0.4 is 10.2 Å². The normalized spacial score (nSPS) is 18.6. The molecule has 1 aliphatic rings. The largest absolute Gasteiger partial charge is 0.394 e. The van der Waals surface area contributed by atoms with Crippen LogP contribution in [0.25, 0.3) is 16.0 Å². The fraction of sp³-hybridized carbons (Fsp3) is 0.625. The number of fused-ring (bicyclic) bond motifs is 5. The molecule has 25 heavy (non-hydrogen) atoms. The zero-order valence-electron chi connectivity index (χ0n) is 14.6. The molecule has 4 rings (SSSR count). The fourth-order valence-electron chi connectivity index (χ4n) is 3.60. The highest BCUT2D eigenvalue weighted by molar-refractivity contribution is 7.19. The van der Waals surface area contributed by atoms with E-state index in [4.69, 9.17) is 0 Å². The number of thiophene rings is 1. The summed E-state index contributed by atoms with van der Waals surface area (Å²) >= 11 is 1.78. The lowest BCUT2D eigenvalue weighted by Crippen LogP contribution is -3.11. The third kappa shape index (κ3) is 2.86. The molecule has 0 saturated carbocycles. The summed E-state index contributed by atoms with van der Waals surface area (Å²) in [6, 6.07) is -0.0182. The summed E-state index contributed by atoms with van der Waals surface area (Å²) < 4.78 is 1.74. The van der Waals surface area contributed by atoms with Crippen LogP contribution in [0.5, 0.6) is 0 Å². The molecular formula is C16H24N7OS+. The number of nitrogens with one attached hydrogen (secondary N) is 2. The Kier molecular flexibility index (Phi) is 4.53. The van der Waals surface area contributed by atoms with Gasteiger partial charge in [0.25, 0.3) is 5.78 Å². The highest BCUT2D eigenvalue weighted by Gasteiger charge is 2.27. The highest BCUT2D eigenvalue weighted by Crippen LogP contribution is 2.36. The second-order valence-corrected chi connectivity index (χ2v) is 7.73. The maximum atomic E-state index is 9.58. The smallest absolute Gasteiger partial charge is 0.276 e. The quantitative estimate of drug-likeness (QED) is 0.583. The molecule has 4 heterocycles. The Morgan fingerprint density at radius 3 is 3.04 bits per heavy atom. The Labute approximate surface area is 149 Å². The molecule has 0 bridgehead atoms. The lowest BCUT2D eigenvalue weighted by molar-refractivity contribution is -0.915. The summed E-state index contributed by atoms with van der Waals surface area (Å²) in [4.78, 5) is 8.74. The third-order valence-electron chi connectivity index (χ3n) is 4.96. The van der Waals surface area contributed by atoms with Gasteiger partial charge < -0.3 is 15.3 Å². The van der Waals surface area contributed by atoms with Crippen LogP contribution in [0, 0.1) is 0 Å². The van der Waals surface area contributed by atoms with Gasteiger partial charge in [-0.2, -0.15) is 9.50 Å². The standard InChI is InChI=1S/C16H23N7OS/c1-3-6-22-7-5-11-12(8-22)25-15-13(11)14(17-10(4-2)9-24)18-16-19-20-21-23(15)16/h10,24H,3-9H2,1-2H3,(H,17,18,19,21)/p+1/t10-/m1/s1. The van der Waals surface area contributed by atoms with E-state index < -0.39 is 0 Å². The number of quaternary nitrogens is 1. The van der Waals surface area contributed by atoms with E-state index in [1.54, 1.807) is 20.8 Å². The second kappa shape index (κ2) is 6.81. The molecule has 3 aromatic heterocycles. The SMILES string of the molecule is CCC[NH+]1CCc2c(sc3c2c(N[C@H](CC)CO)nc2nnnn23)C1. The molecule has 0 saturated heterocycles. The molecule has 0 fully saturated rings. The number of hydrogen-bond acceptors (Lipinski definition) is 7. The van der Waals surface area contributed by atoms with Gasteiger partial charge >= 0.3 is 0 Å². The van der Waals surface area contributed by atoms with Gasteiger partial charge in [-0.05, 0) is 28.8 Å². The first-order valence-electron chi connectivity index (χ1n) is 8.98. The van der Waals surface area contributed by atoms with Gasteiger partial charge in [0.05, 0.1) is 36.0 Å². The van der Waals surface area contributed by atoms with E-state index in [2.05, 4.69) is 39.7 Å². The molecule has 9 heteroatoms. The molecule has 134 valence electrons. The Hall–Kier alpha value is -1.84. The van der Waals surface area contributed by atoms with Crippen molar-refractivity contribution in [1.82, 2.24) is 25.0 Å². The number of aliphatic hydroxyl groups excluding tert-OH is 1. The second-order valence-electron chi connectivity index (χ2n) is 6.64. The molecule has 0 radical (unpaired) electrons. The Balaban J connectivity index is 1.86. The molecular weight excluding hydrogens is 338 g/mol. The minimum atomic E-state index is -0.0182. The zero-order chi connectivity index (χ0) is 17.4. The van der Waals surface area contributed by atoms with Crippen molar-refractivity contribution in [2.75, 3.05) is 25.0 Å². The van der Waals surface area contributed by atoms with Crippen molar-refractivity contribution in [2.24, 2.45) is 0 Å². The molecule has 3 aromatic rings. The van der Waals surface area contributed by atoms with Gasteiger partial charge in [-0.15, -0.1) is 11.3 Å². The average molecular weight is 362 g/mol. The number of nitrogens with zero attached hydrogens (tertiary/aromatic N) is 5. The van der Waals surface area contributed by atoms with Crippen LogP contribution in [-0.2, 0) is 13.0 Å². The van der Waals surface area contributed by atoms with E-state index in [1.807, 2.05) is 0 Å². The Morgan fingerprint density at radius 1 is 1.40 bits per heavy atom. The molecule has 0 amide bonds. The van der Waals surface area contributed by atoms with Crippen LogP contribution in [0.2, 0.25) is 0 Å². The van der Waals surface area contributed by atoms with Gasteiger partial charge in [0, 0.05) is 6.42 Å². The average Bonchev–Trinajstić information content (AvgIpc) is 3.23. The van der Waals surface area contributed by atoms with E-state index in [0.29, 0.717) is 5.78 Å². The van der Waals surface area contributed by atoms with Crippen molar-refractivity contribution >= 4 is 33.1 Å². The molecule has 3 N–H and O–H groups in total. The number of aliphatic hydroxyl groups is 1. The lowest BCUT2D eigenvalue weighted by atomic mass is 10.0. The molecule has 0 aliphatic carbocycles. The van der Waals surface area contributed by atoms with E-state index in [1.165, 1.54) is 23.4 Å². The Morgan fingerprint density at radius 2 is 2.28 bits per heavy atom. The van der Waals surface area contributed by atoms with Crippen LogP contribution >= 0.6 is 11.3 Å². The van der Waals surface area contributed by atoms with Crippen molar-refractivity contribution in [2.45, 2.75) is 45.7 Å². The summed E-state index contributed by atoms with van der Waals surface area (Å²) in [6.07, 6.45) is 3.08. The number of rotatable bonds is 6. The molecule has 2 atom stereocenters. The number of hydrogen-bond donors (Lipinski definition) is 3. The van der Waals surface area contributed by atoms with Gasteiger partial charge in [-0.3, -0.25) is 0 Å². The third-order valence-corrected chi connectivity index (χ3v) is 6.17. The monoisotopic (exact) mass is 362 g/mol. The topological polar surface area (TPSA) is 92.7 Å². The van der Waals surface area contributed by atoms with Crippen LogP contribution in [0.4, 0.5) is 5.82 Å². The zero-order valence-corrected chi connectivity index (χ0v) is 15.4. The molecule has 0 spiro atoms. The van der Waals surface area contributed by atoms with Crippen LogP contribution in [0.15, 0.2) is 0 Å². The summed E-state index contributed by atoms with van der Waals surface area (Å²) in [5.74, 6) is 1.30. The van der Waals surface area contributed by atoms with Gasteiger partial charge in [0.2, 0.25) is 0 Å². The molecule has 1 unspecified atom stereocenters. The minimum Gasteiger partial charge on any atom is -0.394 e. The van der Waals surface area contributed by atoms with Crippen molar-refractivity contribution in [1.29, 1.82) is 0 Å². The van der Waals surface area contributed by atoms with Crippen LogP contribution in [0.1, 0.15) is 37.1 Å². The number of anilines is 1. The van der Waals surface area contributed by atoms with Crippen molar-refractivity contribution in [3.8, 4) is 0 Å². The predicted molar refractivity (Wildman–Crippen MR) is 97.1 cm³/mol. The minimum absolute atomic E-state index is 0.0182. The maximum absolute atomic E-state index is 9.58. The lowest BCUT2D eigenvalue weighted by Gasteiger charge is -2.23. The molecule has 8 nitrogen and oxygen atoms in total. The first kappa shape index (κ1) is 16.6. The number of aromatic nitrogens is 5. The van der Waals surface area contributed by atoms with Crippen molar-refractivity contribution in [3.63, 3.8) is 0 Å².